The Kier molecular flexibility index (Phi) is 5.14. The third-order valence-electron chi connectivity index (χ3n) is 2.15. The summed E-state index contributed by atoms with van der Waals surface area (Å²) in [5.41, 5.74) is 0.715. The summed E-state index contributed by atoms with van der Waals surface area (Å²) in [6.45, 7) is -1.08. The number of hydrogen-bond acceptors (Lipinski definition) is 2. The van der Waals surface area contributed by atoms with Gasteiger partial charge in [-0.1, -0.05) is 30.3 Å². The molecule has 0 heterocycles. The molecule has 0 aliphatic heterocycles. The molecule has 0 aliphatic rings. The summed E-state index contributed by atoms with van der Waals surface area (Å²) in [6, 6.07) is 8.19. The van der Waals surface area contributed by atoms with E-state index in [1.807, 2.05) is 0 Å². The smallest absolute Gasteiger partial charge is 0.301 e. The molecule has 0 aliphatic carbocycles. The molecule has 0 bridgehead atoms. The Morgan fingerprint density at radius 1 is 1.29 bits per heavy atom. The summed E-state index contributed by atoms with van der Waals surface area (Å²) in [6.07, 6.45) is -2.78. The molecule has 0 aromatic heterocycles. The highest BCUT2D eigenvalue weighted by atomic mass is 32.2. The third-order valence-corrected chi connectivity index (χ3v) is 2.95. The van der Waals surface area contributed by atoms with Crippen LogP contribution in [0.5, 0.6) is 0 Å². The Morgan fingerprint density at radius 2 is 1.88 bits per heavy atom. The first kappa shape index (κ1) is 14.2. The molecule has 2 nitrogen and oxygen atoms in total. The van der Waals surface area contributed by atoms with Crippen LogP contribution in [0.4, 0.5) is 13.2 Å². The van der Waals surface area contributed by atoms with Crippen molar-refractivity contribution >= 4 is 10.8 Å². The molecule has 0 fully saturated rings. The fourth-order valence-corrected chi connectivity index (χ4v) is 2.21. The molecule has 96 valence electrons. The van der Waals surface area contributed by atoms with Crippen molar-refractivity contribution in [3.63, 3.8) is 0 Å². The first-order valence-corrected chi connectivity index (χ1v) is 6.76. The summed E-state index contributed by atoms with van der Waals surface area (Å²) >= 11 is 0. The standard InChI is InChI=1S/C11H14F3NOS/c1-17(16)7-10(15-8-11(12,13)14)9-5-3-2-4-6-9/h2-6,10,15H,7-8H2,1H3/t10-,17-/m1/s1. The lowest BCUT2D eigenvalue weighted by atomic mass is 10.1. The molecular weight excluding hydrogens is 251 g/mol. The second-order valence-electron chi connectivity index (χ2n) is 3.70. The van der Waals surface area contributed by atoms with Gasteiger partial charge >= 0.3 is 6.18 Å². The number of halogens is 3. The zero-order valence-corrected chi connectivity index (χ0v) is 10.1. The Balaban J connectivity index is 2.71. The predicted molar refractivity (Wildman–Crippen MR) is 62.2 cm³/mol. The van der Waals surface area contributed by atoms with Gasteiger partial charge in [0.05, 0.1) is 6.54 Å². The van der Waals surface area contributed by atoms with Crippen LogP contribution in [0.1, 0.15) is 11.6 Å². The van der Waals surface area contributed by atoms with Gasteiger partial charge in [-0.05, 0) is 5.56 Å². The highest BCUT2D eigenvalue weighted by Crippen LogP contribution is 2.18. The van der Waals surface area contributed by atoms with Gasteiger partial charge in [-0.15, -0.1) is 0 Å². The van der Waals surface area contributed by atoms with Gasteiger partial charge in [0, 0.05) is 28.9 Å². The minimum absolute atomic E-state index is 0.167. The topological polar surface area (TPSA) is 29.1 Å². The van der Waals surface area contributed by atoms with Crippen LogP contribution < -0.4 is 5.32 Å². The average Bonchev–Trinajstić information content (AvgIpc) is 2.24. The summed E-state index contributed by atoms with van der Waals surface area (Å²) in [5, 5.41) is 2.39. The maximum atomic E-state index is 12.1. The van der Waals surface area contributed by atoms with Crippen molar-refractivity contribution in [1.29, 1.82) is 0 Å². The number of alkyl halides is 3. The lowest BCUT2D eigenvalue weighted by Crippen LogP contribution is -2.34. The average molecular weight is 265 g/mol. The minimum atomic E-state index is -4.26. The molecule has 2 atom stereocenters. The lowest BCUT2D eigenvalue weighted by Gasteiger charge is -2.19. The van der Waals surface area contributed by atoms with Gasteiger partial charge in [-0.25, -0.2) is 0 Å². The van der Waals surface area contributed by atoms with Gasteiger partial charge in [-0.3, -0.25) is 4.21 Å². The van der Waals surface area contributed by atoms with Crippen molar-refractivity contribution in [2.75, 3.05) is 18.6 Å². The van der Waals surface area contributed by atoms with Gasteiger partial charge in [0.15, 0.2) is 0 Å². The van der Waals surface area contributed by atoms with E-state index in [1.54, 1.807) is 30.3 Å². The monoisotopic (exact) mass is 265 g/mol. The van der Waals surface area contributed by atoms with E-state index >= 15 is 0 Å². The van der Waals surface area contributed by atoms with Crippen LogP contribution in [-0.2, 0) is 10.8 Å². The number of nitrogens with one attached hydrogen (secondary N) is 1. The van der Waals surface area contributed by atoms with E-state index in [2.05, 4.69) is 5.32 Å². The highest BCUT2D eigenvalue weighted by molar-refractivity contribution is 7.84. The first-order chi connectivity index (χ1) is 7.88. The Bertz CT molecular complexity index is 367. The zero-order chi connectivity index (χ0) is 12.9. The summed E-state index contributed by atoms with van der Waals surface area (Å²) in [4.78, 5) is 0. The zero-order valence-electron chi connectivity index (χ0n) is 9.33. The molecule has 6 heteroatoms. The predicted octanol–water partition coefficient (Wildman–Crippen LogP) is 2.26. The van der Waals surface area contributed by atoms with Crippen LogP contribution in [0.3, 0.4) is 0 Å². The van der Waals surface area contributed by atoms with E-state index in [0.717, 1.165) is 0 Å². The summed E-state index contributed by atoms with van der Waals surface area (Å²) in [5.74, 6) is 0.167. The maximum Gasteiger partial charge on any atom is 0.401 e. The second kappa shape index (κ2) is 6.16. The molecule has 0 amide bonds. The molecule has 0 saturated carbocycles. The molecule has 1 rings (SSSR count). The van der Waals surface area contributed by atoms with E-state index in [4.69, 9.17) is 0 Å². The fraction of sp³-hybridized carbons (Fsp3) is 0.455. The van der Waals surface area contributed by atoms with Crippen LogP contribution >= 0.6 is 0 Å². The van der Waals surface area contributed by atoms with Crippen molar-refractivity contribution in [3.8, 4) is 0 Å². The van der Waals surface area contributed by atoms with Crippen LogP contribution in [0.15, 0.2) is 30.3 Å². The first-order valence-electron chi connectivity index (χ1n) is 5.03. The van der Waals surface area contributed by atoms with Crippen LogP contribution in [-0.4, -0.2) is 28.9 Å². The summed E-state index contributed by atoms with van der Waals surface area (Å²) < 4.78 is 47.5. The quantitative estimate of drug-likeness (QED) is 0.884. The van der Waals surface area contributed by atoms with E-state index in [0.29, 0.717) is 5.56 Å². The van der Waals surface area contributed by atoms with Gasteiger partial charge in [-0.2, -0.15) is 13.2 Å². The van der Waals surface area contributed by atoms with Gasteiger partial charge in [0.25, 0.3) is 0 Å². The van der Waals surface area contributed by atoms with Crippen molar-refractivity contribution in [1.82, 2.24) is 5.32 Å². The number of hydrogen-bond donors (Lipinski definition) is 1. The van der Waals surface area contributed by atoms with Crippen LogP contribution in [0.25, 0.3) is 0 Å². The van der Waals surface area contributed by atoms with Gasteiger partial charge in [0.2, 0.25) is 0 Å². The fourth-order valence-electron chi connectivity index (χ4n) is 1.43. The third kappa shape index (κ3) is 5.83. The van der Waals surface area contributed by atoms with Crippen molar-refractivity contribution in [2.24, 2.45) is 0 Å². The SMILES string of the molecule is C[S@@](=O)C[C@@H](NCC(F)(F)F)c1ccccc1. The van der Waals surface area contributed by atoms with Crippen molar-refractivity contribution in [3.05, 3.63) is 35.9 Å². The Hall–Kier alpha value is -0.880. The van der Waals surface area contributed by atoms with E-state index in [9.17, 15) is 17.4 Å². The lowest BCUT2D eigenvalue weighted by molar-refractivity contribution is -0.126. The van der Waals surface area contributed by atoms with Gasteiger partial charge < -0.3 is 5.32 Å². The molecule has 0 radical (unpaired) electrons. The minimum Gasteiger partial charge on any atom is -0.301 e. The molecule has 0 unspecified atom stereocenters. The molecule has 0 spiro atoms. The number of benzene rings is 1. The van der Waals surface area contributed by atoms with E-state index in [1.165, 1.54) is 6.26 Å². The van der Waals surface area contributed by atoms with Crippen molar-refractivity contribution < 1.29 is 17.4 Å². The molecule has 0 saturated heterocycles. The number of rotatable bonds is 5. The second-order valence-corrected chi connectivity index (χ2v) is 5.18. The molecule has 17 heavy (non-hydrogen) atoms. The van der Waals surface area contributed by atoms with Crippen molar-refractivity contribution in [2.45, 2.75) is 12.2 Å². The maximum absolute atomic E-state index is 12.1. The Morgan fingerprint density at radius 3 is 2.35 bits per heavy atom. The normalized spacial score (nSPS) is 15.5. The van der Waals surface area contributed by atoms with Gasteiger partial charge in [0.1, 0.15) is 0 Å². The molecule has 1 N–H and O–H groups in total. The molecule has 1 aromatic rings. The van der Waals surface area contributed by atoms with Crippen LogP contribution in [0.2, 0.25) is 0 Å². The molecular formula is C11H14F3NOS. The molecule has 1 aromatic carbocycles. The highest BCUT2D eigenvalue weighted by Gasteiger charge is 2.28. The Labute approximate surface area is 101 Å². The summed E-state index contributed by atoms with van der Waals surface area (Å²) in [7, 11) is -1.15. The van der Waals surface area contributed by atoms with E-state index < -0.39 is 29.6 Å². The van der Waals surface area contributed by atoms with Crippen LogP contribution in [0, 0.1) is 0 Å². The largest absolute Gasteiger partial charge is 0.401 e. The van der Waals surface area contributed by atoms with E-state index in [-0.39, 0.29) is 5.75 Å².